The molecule has 1 N–H and O–H groups in total. The largest absolute Gasteiger partial charge is 0.304 e. The van der Waals surface area contributed by atoms with Gasteiger partial charge in [0.25, 0.3) is 0 Å². The minimum atomic E-state index is 0.419. The lowest BCUT2D eigenvalue weighted by Crippen LogP contribution is -2.20. The van der Waals surface area contributed by atoms with Crippen molar-refractivity contribution < 1.29 is 0 Å². The maximum Gasteiger partial charge on any atom is 0.0684 e. The molecule has 0 radical (unpaired) electrons. The van der Waals surface area contributed by atoms with Crippen molar-refractivity contribution in [2.45, 2.75) is 32.4 Å². The van der Waals surface area contributed by atoms with E-state index in [2.05, 4.69) is 66.6 Å². The lowest BCUT2D eigenvalue weighted by Gasteiger charge is -2.17. The van der Waals surface area contributed by atoms with Gasteiger partial charge in [-0.25, -0.2) is 0 Å². The second-order valence-electron chi connectivity index (χ2n) is 4.32. The molecular weight excluding hydrogens is 388 g/mol. The number of rotatable bonds is 6. The van der Waals surface area contributed by atoms with E-state index in [1.54, 1.807) is 0 Å². The predicted octanol–water partition coefficient (Wildman–Crippen LogP) is 5.30. The van der Waals surface area contributed by atoms with E-state index in [1.807, 2.05) is 23.6 Å². The van der Waals surface area contributed by atoms with E-state index in [0.717, 1.165) is 27.6 Å². The molecule has 2 aromatic rings. The molecule has 2 nitrogen and oxygen atoms in total. The minimum absolute atomic E-state index is 0.419. The zero-order chi connectivity index (χ0) is 13.7. The van der Waals surface area contributed by atoms with E-state index in [1.165, 1.54) is 11.3 Å². The number of halogens is 2. The number of hydrogen-bond acceptors (Lipinski definition) is 3. The molecule has 1 atom stereocenters. The van der Waals surface area contributed by atoms with Crippen LogP contribution in [0.5, 0.6) is 0 Å². The number of pyridine rings is 1. The van der Waals surface area contributed by atoms with Crippen molar-refractivity contribution in [2.24, 2.45) is 0 Å². The van der Waals surface area contributed by atoms with Gasteiger partial charge in [0, 0.05) is 32.6 Å². The zero-order valence-electron chi connectivity index (χ0n) is 10.7. The zero-order valence-corrected chi connectivity index (χ0v) is 14.7. The molecule has 0 aliphatic carbocycles. The SMILES string of the molecule is CCCC(NCc1ncc(Br)cc1Br)c1cccs1. The summed E-state index contributed by atoms with van der Waals surface area (Å²) in [5.74, 6) is 0. The van der Waals surface area contributed by atoms with E-state index in [-0.39, 0.29) is 0 Å². The van der Waals surface area contributed by atoms with Crippen molar-refractivity contribution in [1.82, 2.24) is 10.3 Å². The van der Waals surface area contributed by atoms with Gasteiger partial charge in [0.1, 0.15) is 0 Å². The maximum atomic E-state index is 4.44. The molecule has 5 heteroatoms. The lowest BCUT2D eigenvalue weighted by molar-refractivity contribution is 0.496. The molecule has 102 valence electrons. The monoisotopic (exact) mass is 402 g/mol. The quantitative estimate of drug-likeness (QED) is 0.707. The van der Waals surface area contributed by atoms with E-state index in [0.29, 0.717) is 6.04 Å². The van der Waals surface area contributed by atoms with Gasteiger partial charge in [0.15, 0.2) is 0 Å². The fourth-order valence-electron chi connectivity index (χ4n) is 1.92. The molecule has 0 saturated heterocycles. The van der Waals surface area contributed by atoms with Crippen LogP contribution in [0.2, 0.25) is 0 Å². The Labute approximate surface area is 134 Å². The van der Waals surface area contributed by atoms with Crippen molar-refractivity contribution >= 4 is 43.2 Å². The average Bonchev–Trinajstić information content (AvgIpc) is 2.90. The van der Waals surface area contributed by atoms with Gasteiger partial charge >= 0.3 is 0 Å². The topological polar surface area (TPSA) is 24.9 Å². The Bertz CT molecular complexity index is 514. The Kier molecular flexibility index (Phi) is 6.01. The van der Waals surface area contributed by atoms with Crippen molar-refractivity contribution in [1.29, 1.82) is 0 Å². The van der Waals surface area contributed by atoms with Crippen LogP contribution >= 0.6 is 43.2 Å². The molecular formula is C14H16Br2N2S. The van der Waals surface area contributed by atoms with Crippen molar-refractivity contribution in [2.75, 3.05) is 0 Å². The lowest BCUT2D eigenvalue weighted by atomic mass is 10.1. The summed E-state index contributed by atoms with van der Waals surface area (Å²) in [7, 11) is 0. The summed E-state index contributed by atoms with van der Waals surface area (Å²) in [4.78, 5) is 5.84. The summed E-state index contributed by atoms with van der Waals surface area (Å²) in [5, 5.41) is 5.73. The standard InChI is InChI=1S/C14H16Br2N2S/c1-2-4-12(14-5-3-6-19-14)18-9-13-11(16)7-10(15)8-17-13/h3,5-8,12,18H,2,4,9H2,1H3. The van der Waals surface area contributed by atoms with E-state index in [4.69, 9.17) is 0 Å². The smallest absolute Gasteiger partial charge is 0.0684 e. The van der Waals surface area contributed by atoms with Crippen LogP contribution in [0.4, 0.5) is 0 Å². The Morgan fingerprint density at radius 2 is 2.26 bits per heavy atom. The molecule has 0 fully saturated rings. The molecule has 0 saturated carbocycles. The van der Waals surface area contributed by atoms with Gasteiger partial charge in [-0.15, -0.1) is 11.3 Å². The highest BCUT2D eigenvalue weighted by atomic mass is 79.9. The van der Waals surface area contributed by atoms with Gasteiger partial charge in [-0.2, -0.15) is 0 Å². The number of thiophene rings is 1. The first-order valence-corrected chi connectivity index (χ1v) is 8.74. The summed E-state index contributed by atoms with van der Waals surface area (Å²) in [6.07, 6.45) is 4.15. The first kappa shape index (κ1) is 15.2. The first-order valence-electron chi connectivity index (χ1n) is 6.27. The van der Waals surface area contributed by atoms with Crippen LogP contribution in [-0.2, 0) is 6.54 Å². The molecule has 0 amide bonds. The highest BCUT2D eigenvalue weighted by molar-refractivity contribution is 9.11. The van der Waals surface area contributed by atoms with Gasteiger partial charge in [0.2, 0.25) is 0 Å². The maximum absolute atomic E-state index is 4.44. The van der Waals surface area contributed by atoms with Crippen LogP contribution < -0.4 is 5.32 Å². The van der Waals surface area contributed by atoms with Crippen molar-refractivity contribution in [3.05, 3.63) is 49.3 Å². The summed E-state index contributed by atoms with van der Waals surface area (Å²) in [6, 6.07) is 6.76. The van der Waals surface area contributed by atoms with Gasteiger partial charge in [-0.1, -0.05) is 19.4 Å². The second kappa shape index (κ2) is 7.53. The first-order chi connectivity index (χ1) is 9.20. The van der Waals surface area contributed by atoms with E-state index < -0.39 is 0 Å². The predicted molar refractivity (Wildman–Crippen MR) is 88.4 cm³/mol. The molecule has 0 aromatic carbocycles. The fourth-order valence-corrected chi connectivity index (χ4v) is 3.88. The van der Waals surface area contributed by atoms with Crippen LogP contribution in [0.3, 0.4) is 0 Å². The second-order valence-corrected chi connectivity index (χ2v) is 7.07. The molecule has 2 rings (SSSR count). The third-order valence-electron chi connectivity index (χ3n) is 2.86. The highest BCUT2D eigenvalue weighted by Crippen LogP contribution is 2.25. The van der Waals surface area contributed by atoms with Gasteiger partial charge in [-0.3, -0.25) is 4.98 Å². The third kappa shape index (κ3) is 4.38. The normalized spacial score (nSPS) is 12.6. The summed E-state index contributed by atoms with van der Waals surface area (Å²) >= 11 is 8.79. The van der Waals surface area contributed by atoms with Gasteiger partial charge < -0.3 is 5.32 Å². The fraction of sp³-hybridized carbons (Fsp3) is 0.357. The molecule has 0 bridgehead atoms. The molecule has 2 heterocycles. The highest BCUT2D eigenvalue weighted by Gasteiger charge is 2.12. The van der Waals surface area contributed by atoms with Crippen LogP contribution in [0, 0.1) is 0 Å². The van der Waals surface area contributed by atoms with Crippen LogP contribution in [0.25, 0.3) is 0 Å². The molecule has 0 aliphatic rings. The van der Waals surface area contributed by atoms with E-state index in [9.17, 15) is 0 Å². The molecule has 0 aliphatic heterocycles. The minimum Gasteiger partial charge on any atom is -0.304 e. The average molecular weight is 404 g/mol. The van der Waals surface area contributed by atoms with Crippen LogP contribution in [0.1, 0.15) is 36.4 Å². The number of hydrogen-bond donors (Lipinski definition) is 1. The number of nitrogens with zero attached hydrogens (tertiary/aromatic N) is 1. The van der Waals surface area contributed by atoms with E-state index >= 15 is 0 Å². The molecule has 2 aromatic heterocycles. The number of aromatic nitrogens is 1. The van der Waals surface area contributed by atoms with Crippen molar-refractivity contribution in [3.8, 4) is 0 Å². The van der Waals surface area contributed by atoms with Crippen LogP contribution in [-0.4, -0.2) is 4.98 Å². The Morgan fingerprint density at radius 3 is 2.89 bits per heavy atom. The molecule has 1 unspecified atom stereocenters. The summed E-state index contributed by atoms with van der Waals surface area (Å²) < 4.78 is 2.03. The summed E-state index contributed by atoms with van der Waals surface area (Å²) in [5.41, 5.74) is 1.04. The Hall–Kier alpha value is -0.230. The Balaban J connectivity index is 2.02. The summed E-state index contributed by atoms with van der Waals surface area (Å²) in [6.45, 7) is 2.99. The number of nitrogens with one attached hydrogen (secondary N) is 1. The van der Waals surface area contributed by atoms with Gasteiger partial charge in [-0.05, 0) is 55.8 Å². The van der Waals surface area contributed by atoms with Crippen molar-refractivity contribution in [3.63, 3.8) is 0 Å². The van der Waals surface area contributed by atoms with Gasteiger partial charge in [0.05, 0.1) is 5.69 Å². The Morgan fingerprint density at radius 1 is 1.42 bits per heavy atom. The molecule has 19 heavy (non-hydrogen) atoms. The van der Waals surface area contributed by atoms with Crippen LogP contribution in [0.15, 0.2) is 38.7 Å². The third-order valence-corrected chi connectivity index (χ3v) is 4.97. The molecule has 0 spiro atoms.